The van der Waals surface area contributed by atoms with Gasteiger partial charge in [-0.3, -0.25) is 0 Å². The van der Waals surface area contributed by atoms with Crippen LogP contribution in [0.5, 0.6) is 5.75 Å². The highest BCUT2D eigenvalue weighted by Gasteiger charge is 2.00. The maximum Gasteiger partial charge on any atom is 0.191 e. The van der Waals surface area contributed by atoms with Crippen molar-refractivity contribution in [2.75, 3.05) is 19.7 Å². The van der Waals surface area contributed by atoms with Crippen molar-refractivity contribution in [2.45, 2.75) is 27.3 Å². The van der Waals surface area contributed by atoms with Crippen LogP contribution in [0.3, 0.4) is 0 Å². The monoisotopic (exact) mass is 332 g/mol. The van der Waals surface area contributed by atoms with E-state index in [9.17, 15) is 0 Å². The van der Waals surface area contributed by atoms with Gasteiger partial charge in [0.2, 0.25) is 0 Å². The minimum absolute atomic E-state index is 0.590. The predicted octanol–water partition coefficient (Wildman–Crippen LogP) is 2.89. The van der Waals surface area contributed by atoms with Crippen molar-refractivity contribution in [2.24, 2.45) is 4.99 Å². The van der Waals surface area contributed by atoms with E-state index in [1.54, 1.807) is 11.3 Å². The Morgan fingerprint density at radius 1 is 1.22 bits per heavy atom. The van der Waals surface area contributed by atoms with Crippen LogP contribution in [0.2, 0.25) is 0 Å². The molecule has 2 N–H and O–H groups in total. The van der Waals surface area contributed by atoms with Crippen molar-refractivity contribution in [3.8, 4) is 5.75 Å². The van der Waals surface area contributed by atoms with Crippen LogP contribution in [0.4, 0.5) is 0 Å². The molecule has 5 nitrogen and oxygen atoms in total. The van der Waals surface area contributed by atoms with Gasteiger partial charge in [-0.1, -0.05) is 17.7 Å². The summed E-state index contributed by atoms with van der Waals surface area (Å²) >= 11 is 1.68. The summed E-state index contributed by atoms with van der Waals surface area (Å²) in [6.07, 6.45) is 1.88. The lowest BCUT2D eigenvalue weighted by Crippen LogP contribution is -2.39. The van der Waals surface area contributed by atoms with Gasteiger partial charge in [-0.25, -0.2) is 9.98 Å². The minimum atomic E-state index is 0.590. The van der Waals surface area contributed by atoms with Gasteiger partial charge in [0.05, 0.1) is 18.1 Å². The summed E-state index contributed by atoms with van der Waals surface area (Å²) in [5, 5.41) is 7.58. The Hall–Kier alpha value is -2.08. The number of benzene rings is 1. The molecule has 1 heterocycles. The van der Waals surface area contributed by atoms with Crippen molar-refractivity contribution in [1.29, 1.82) is 0 Å². The smallest absolute Gasteiger partial charge is 0.191 e. The van der Waals surface area contributed by atoms with Crippen LogP contribution < -0.4 is 15.4 Å². The fourth-order valence-electron chi connectivity index (χ4n) is 1.95. The number of thiazole rings is 1. The van der Waals surface area contributed by atoms with Gasteiger partial charge in [0.25, 0.3) is 0 Å². The normalized spacial score (nSPS) is 11.3. The third-order valence-electron chi connectivity index (χ3n) is 3.09. The Balaban J connectivity index is 1.76. The molecule has 0 aliphatic carbocycles. The molecule has 0 bridgehead atoms. The molecular formula is C17H24N4OS. The number of ether oxygens (including phenoxy) is 1. The number of aliphatic imine (C=N–C) groups is 1. The molecule has 0 amide bonds. The van der Waals surface area contributed by atoms with Crippen molar-refractivity contribution in [3.63, 3.8) is 0 Å². The van der Waals surface area contributed by atoms with E-state index in [1.807, 2.05) is 37.4 Å². The summed E-state index contributed by atoms with van der Waals surface area (Å²) < 4.78 is 5.70. The Kier molecular flexibility index (Phi) is 6.87. The molecule has 1 aromatic carbocycles. The molecule has 0 unspecified atom stereocenters. The van der Waals surface area contributed by atoms with E-state index < -0.39 is 0 Å². The zero-order chi connectivity index (χ0) is 16.5. The average Bonchev–Trinajstić information content (AvgIpc) is 2.96. The lowest BCUT2D eigenvalue weighted by atomic mass is 10.2. The maximum absolute atomic E-state index is 5.70. The zero-order valence-corrected chi connectivity index (χ0v) is 14.7. The molecule has 23 heavy (non-hydrogen) atoms. The van der Waals surface area contributed by atoms with Crippen LogP contribution in [0.15, 0.2) is 35.5 Å². The van der Waals surface area contributed by atoms with Gasteiger partial charge < -0.3 is 15.4 Å². The molecule has 6 heteroatoms. The molecule has 0 fully saturated rings. The van der Waals surface area contributed by atoms with Gasteiger partial charge in [0.15, 0.2) is 5.96 Å². The first-order valence-corrected chi connectivity index (χ1v) is 8.62. The summed E-state index contributed by atoms with van der Waals surface area (Å²) in [5.74, 6) is 1.69. The first-order valence-electron chi connectivity index (χ1n) is 7.80. The topological polar surface area (TPSA) is 58.5 Å². The van der Waals surface area contributed by atoms with Gasteiger partial charge in [0.1, 0.15) is 12.4 Å². The summed E-state index contributed by atoms with van der Waals surface area (Å²) in [6.45, 7) is 8.87. The molecule has 0 saturated carbocycles. The fourth-order valence-corrected chi connectivity index (χ4v) is 2.67. The molecule has 0 radical (unpaired) electrons. The number of aryl methyl sites for hydroxylation is 2. The number of nitrogens with one attached hydrogen (secondary N) is 2. The number of aromatic nitrogens is 1. The molecule has 1 aromatic heterocycles. The molecule has 0 spiro atoms. The Morgan fingerprint density at radius 2 is 2.00 bits per heavy atom. The number of rotatable bonds is 7. The summed E-state index contributed by atoms with van der Waals surface area (Å²) in [6, 6.07) is 8.07. The third kappa shape index (κ3) is 6.28. The first-order chi connectivity index (χ1) is 11.2. The molecule has 0 atom stereocenters. The van der Waals surface area contributed by atoms with Gasteiger partial charge in [0, 0.05) is 17.6 Å². The van der Waals surface area contributed by atoms with E-state index in [-0.39, 0.29) is 0 Å². The van der Waals surface area contributed by atoms with Crippen LogP contribution in [0.1, 0.15) is 22.4 Å². The fraction of sp³-hybridized carbons (Fsp3) is 0.412. The number of hydrogen-bond donors (Lipinski definition) is 2. The van der Waals surface area contributed by atoms with E-state index in [1.165, 1.54) is 5.56 Å². The lowest BCUT2D eigenvalue weighted by Gasteiger charge is -2.12. The quantitative estimate of drug-likeness (QED) is 0.465. The summed E-state index contributed by atoms with van der Waals surface area (Å²) in [4.78, 5) is 9.97. The van der Waals surface area contributed by atoms with Crippen molar-refractivity contribution in [1.82, 2.24) is 15.6 Å². The standard InChI is InChI=1S/C17H24N4OS/c1-4-18-17(21-12-16-11-20-14(3)23-16)19-9-10-22-15-7-5-13(2)6-8-15/h5-8,11H,4,9-10,12H2,1-3H3,(H2,18,19,21). The highest BCUT2D eigenvalue weighted by molar-refractivity contribution is 7.11. The summed E-state index contributed by atoms with van der Waals surface area (Å²) in [7, 11) is 0. The van der Waals surface area contributed by atoms with Crippen LogP contribution in [0, 0.1) is 13.8 Å². The van der Waals surface area contributed by atoms with Crippen LogP contribution in [-0.2, 0) is 6.54 Å². The molecule has 2 rings (SSSR count). The highest BCUT2D eigenvalue weighted by atomic mass is 32.1. The Bertz CT molecular complexity index is 622. The maximum atomic E-state index is 5.70. The molecule has 124 valence electrons. The largest absolute Gasteiger partial charge is 0.492 e. The minimum Gasteiger partial charge on any atom is -0.492 e. The zero-order valence-electron chi connectivity index (χ0n) is 13.9. The molecular weight excluding hydrogens is 308 g/mol. The van der Waals surface area contributed by atoms with Gasteiger partial charge in [-0.05, 0) is 32.9 Å². The van der Waals surface area contributed by atoms with Crippen LogP contribution in [-0.4, -0.2) is 30.6 Å². The van der Waals surface area contributed by atoms with E-state index >= 15 is 0 Å². The highest BCUT2D eigenvalue weighted by Crippen LogP contribution is 2.12. The van der Waals surface area contributed by atoms with Gasteiger partial charge in [-0.2, -0.15) is 0 Å². The Morgan fingerprint density at radius 3 is 2.65 bits per heavy atom. The van der Waals surface area contributed by atoms with E-state index in [0.717, 1.165) is 28.1 Å². The van der Waals surface area contributed by atoms with Crippen molar-refractivity contribution in [3.05, 3.63) is 45.9 Å². The predicted molar refractivity (Wildman–Crippen MR) is 96.3 cm³/mol. The van der Waals surface area contributed by atoms with Gasteiger partial charge in [-0.15, -0.1) is 11.3 Å². The first kappa shape index (κ1) is 17.3. The van der Waals surface area contributed by atoms with E-state index in [0.29, 0.717) is 19.7 Å². The Labute approximate surface area is 141 Å². The second-order valence-corrected chi connectivity index (χ2v) is 6.45. The van der Waals surface area contributed by atoms with E-state index in [2.05, 4.69) is 34.5 Å². The van der Waals surface area contributed by atoms with Crippen molar-refractivity contribution < 1.29 is 4.74 Å². The van der Waals surface area contributed by atoms with Gasteiger partial charge >= 0.3 is 0 Å². The third-order valence-corrected chi connectivity index (χ3v) is 3.99. The molecule has 0 saturated heterocycles. The van der Waals surface area contributed by atoms with Crippen LogP contribution >= 0.6 is 11.3 Å². The van der Waals surface area contributed by atoms with Crippen LogP contribution in [0.25, 0.3) is 0 Å². The number of hydrogen-bond acceptors (Lipinski definition) is 4. The SMILES string of the molecule is CCNC(=NCc1cnc(C)s1)NCCOc1ccc(C)cc1. The lowest BCUT2D eigenvalue weighted by molar-refractivity contribution is 0.322. The molecule has 0 aliphatic rings. The molecule has 0 aliphatic heterocycles. The second kappa shape index (κ2) is 9.15. The number of nitrogens with zero attached hydrogens (tertiary/aromatic N) is 2. The average molecular weight is 332 g/mol. The van der Waals surface area contributed by atoms with Crippen molar-refractivity contribution >= 4 is 17.3 Å². The summed E-state index contributed by atoms with van der Waals surface area (Å²) in [5.41, 5.74) is 1.23. The second-order valence-electron chi connectivity index (χ2n) is 5.13. The van der Waals surface area contributed by atoms with E-state index in [4.69, 9.17) is 4.74 Å². The number of guanidine groups is 1. The molecule has 2 aromatic rings.